The Morgan fingerprint density at radius 1 is 0.861 bits per heavy atom. The number of alkyl halides is 3. The Morgan fingerprint density at radius 2 is 1.56 bits per heavy atom. The predicted molar refractivity (Wildman–Crippen MR) is 132 cm³/mol. The fourth-order valence-corrected chi connectivity index (χ4v) is 4.90. The molecule has 1 atom stereocenters. The van der Waals surface area contributed by atoms with Crippen molar-refractivity contribution in [3.63, 3.8) is 0 Å². The minimum absolute atomic E-state index is 0.0220. The van der Waals surface area contributed by atoms with Gasteiger partial charge in [0.1, 0.15) is 6.04 Å². The maximum absolute atomic E-state index is 13.6. The highest BCUT2D eigenvalue weighted by Gasteiger charge is 2.46. The lowest BCUT2D eigenvalue weighted by Crippen LogP contribution is -2.36. The van der Waals surface area contributed by atoms with Gasteiger partial charge in [-0.15, -0.1) is 0 Å². The Kier molecular flexibility index (Phi) is 6.40. The van der Waals surface area contributed by atoms with Crippen molar-refractivity contribution in [2.75, 3.05) is 4.90 Å². The number of carbonyl (C=O) groups excluding carboxylic acids is 2. The Bertz CT molecular complexity index is 1410. The molecule has 2 heterocycles. The van der Waals surface area contributed by atoms with Gasteiger partial charge >= 0.3 is 11.5 Å². The average Bonchev–Trinajstić information content (AvgIpc) is 3.08. The summed E-state index contributed by atoms with van der Waals surface area (Å²) in [4.78, 5) is 34.1. The fraction of sp³-hybridized carbons (Fsp3) is 0.148. The molecule has 3 aromatic carbocycles. The molecule has 1 saturated heterocycles. The number of para-hydroxylation sites is 1. The molecule has 5 rings (SSSR count). The zero-order chi connectivity index (χ0) is 25.3. The summed E-state index contributed by atoms with van der Waals surface area (Å²) in [6.45, 7) is 0.184. The van der Waals surface area contributed by atoms with Crippen molar-refractivity contribution in [3.8, 4) is 0 Å². The molecule has 1 aliphatic rings. The Morgan fingerprint density at radius 3 is 2.28 bits per heavy atom. The van der Waals surface area contributed by atoms with Crippen LogP contribution in [0, 0.1) is 0 Å². The van der Waals surface area contributed by atoms with E-state index in [1.54, 1.807) is 6.20 Å². The molecule has 5 nitrogen and oxygen atoms in total. The molecule has 1 fully saturated rings. The molecule has 4 aromatic rings. The summed E-state index contributed by atoms with van der Waals surface area (Å²) in [6, 6.07) is 22.8. The molecule has 3 amide bonds. The number of halogens is 3. The molecular formula is C27H20F3N3O2S. The second kappa shape index (κ2) is 9.66. The highest BCUT2D eigenvalue weighted by atomic mass is 32.2. The van der Waals surface area contributed by atoms with Gasteiger partial charge in [0.25, 0.3) is 5.91 Å². The van der Waals surface area contributed by atoms with Crippen LogP contribution in [0.1, 0.15) is 11.1 Å². The summed E-state index contributed by atoms with van der Waals surface area (Å²) >= 11 is -0.245. The third kappa shape index (κ3) is 4.92. The first-order chi connectivity index (χ1) is 17.3. The standard InChI is InChI=1S/C27H20F3N3O2S/c28-27(29,30)36-21-12-10-20(11-13-21)33-25(34)24(16-18-6-2-1-3-7-18)32(26(33)35)17-19-14-15-31-23-9-5-4-8-22(19)23/h1-15,24H,16-17H2. The molecule has 0 radical (unpaired) electrons. The van der Waals surface area contributed by atoms with Crippen LogP contribution in [-0.4, -0.2) is 33.4 Å². The lowest BCUT2D eigenvalue weighted by Gasteiger charge is -2.22. The number of amides is 3. The minimum atomic E-state index is -4.42. The topological polar surface area (TPSA) is 53.5 Å². The van der Waals surface area contributed by atoms with Gasteiger partial charge in [-0.05, 0) is 59.3 Å². The first-order valence-corrected chi connectivity index (χ1v) is 12.0. The number of anilines is 1. The van der Waals surface area contributed by atoms with Crippen molar-refractivity contribution in [2.45, 2.75) is 29.4 Å². The number of imide groups is 1. The zero-order valence-corrected chi connectivity index (χ0v) is 19.7. The van der Waals surface area contributed by atoms with Crippen LogP contribution in [-0.2, 0) is 17.8 Å². The molecule has 0 N–H and O–H groups in total. The van der Waals surface area contributed by atoms with E-state index in [4.69, 9.17) is 0 Å². The fourth-order valence-electron chi connectivity index (χ4n) is 4.36. The normalized spacial score (nSPS) is 16.2. The van der Waals surface area contributed by atoms with Crippen molar-refractivity contribution in [3.05, 3.63) is 102 Å². The molecular weight excluding hydrogens is 487 g/mol. The van der Waals surface area contributed by atoms with E-state index in [-0.39, 0.29) is 28.9 Å². The van der Waals surface area contributed by atoms with Crippen molar-refractivity contribution < 1.29 is 22.8 Å². The van der Waals surface area contributed by atoms with E-state index in [0.29, 0.717) is 6.42 Å². The van der Waals surface area contributed by atoms with Gasteiger partial charge in [-0.3, -0.25) is 9.78 Å². The van der Waals surface area contributed by atoms with Crippen LogP contribution in [0.15, 0.2) is 96.0 Å². The molecule has 0 spiro atoms. The molecule has 1 aliphatic heterocycles. The van der Waals surface area contributed by atoms with Gasteiger partial charge in [-0.2, -0.15) is 13.2 Å². The highest BCUT2D eigenvalue weighted by Crippen LogP contribution is 2.38. The SMILES string of the molecule is O=C1C(Cc2ccccc2)N(Cc2ccnc3ccccc23)C(=O)N1c1ccc(SC(F)(F)F)cc1. The maximum Gasteiger partial charge on any atom is 0.446 e. The van der Waals surface area contributed by atoms with Crippen molar-refractivity contribution in [1.82, 2.24) is 9.88 Å². The van der Waals surface area contributed by atoms with Gasteiger partial charge in [0.15, 0.2) is 0 Å². The van der Waals surface area contributed by atoms with Crippen LogP contribution in [0.25, 0.3) is 10.9 Å². The smallest absolute Gasteiger partial charge is 0.307 e. The van der Waals surface area contributed by atoms with E-state index >= 15 is 0 Å². The molecule has 9 heteroatoms. The summed E-state index contributed by atoms with van der Waals surface area (Å²) in [7, 11) is 0. The number of hydrogen-bond donors (Lipinski definition) is 0. The Balaban J connectivity index is 1.49. The molecule has 0 bridgehead atoms. The Hall–Kier alpha value is -3.85. The van der Waals surface area contributed by atoms with Gasteiger partial charge in [-0.1, -0.05) is 48.5 Å². The number of pyridine rings is 1. The molecule has 1 unspecified atom stereocenters. The second-order valence-corrected chi connectivity index (χ2v) is 9.46. The van der Waals surface area contributed by atoms with Crippen LogP contribution >= 0.6 is 11.8 Å². The van der Waals surface area contributed by atoms with Crippen LogP contribution in [0.4, 0.5) is 23.7 Å². The molecule has 0 saturated carbocycles. The first kappa shape index (κ1) is 23.9. The minimum Gasteiger partial charge on any atom is -0.307 e. The third-order valence-corrected chi connectivity index (χ3v) is 6.74. The largest absolute Gasteiger partial charge is 0.446 e. The van der Waals surface area contributed by atoms with E-state index in [9.17, 15) is 22.8 Å². The molecule has 1 aromatic heterocycles. The lowest BCUT2D eigenvalue weighted by atomic mass is 10.0. The van der Waals surface area contributed by atoms with Gasteiger partial charge in [0.05, 0.1) is 11.2 Å². The number of thioether (sulfide) groups is 1. The van der Waals surface area contributed by atoms with Crippen LogP contribution < -0.4 is 4.90 Å². The summed E-state index contributed by atoms with van der Waals surface area (Å²) < 4.78 is 38.2. The van der Waals surface area contributed by atoms with Crippen molar-refractivity contribution in [1.29, 1.82) is 0 Å². The quantitative estimate of drug-likeness (QED) is 0.223. The lowest BCUT2D eigenvalue weighted by molar-refractivity contribution is -0.119. The summed E-state index contributed by atoms with van der Waals surface area (Å²) in [5.74, 6) is -0.418. The number of rotatable bonds is 6. The second-order valence-electron chi connectivity index (χ2n) is 8.32. The number of benzene rings is 3. The first-order valence-electron chi connectivity index (χ1n) is 11.2. The Labute approximate surface area is 209 Å². The van der Waals surface area contributed by atoms with E-state index in [1.165, 1.54) is 29.2 Å². The number of fused-ring (bicyclic) bond motifs is 1. The highest BCUT2D eigenvalue weighted by molar-refractivity contribution is 8.00. The molecule has 182 valence electrons. The number of aromatic nitrogens is 1. The van der Waals surface area contributed by atoms with Crippen molar-refractivity contribution >= 4 is 40.3 Å². The number of carbonyl (C=O) groups is 2. The van der Waals surface area contributed by atoms with Crippen LogP contribution in [0.5, 0.6) is 0 Å². The van der Waals surface area contributed by atoms with Gasteiger partial charge in [0.2, 0.25) is 0 Å². The molecule has 0 aliphatic carbocycles. The predicted octanol–water partition coefficient (Wildman–Crippen LogP) is 6.43. The van der Waals surface area contributed by atoms with E-state index in [1.807, 2.05) is 60.7 Å². The summed E-state index contributed by atoms with van der Waals surface area (Å²) in [6.07, 6.45) is 1.98. The summed E-state index contributed by atoms with van der Waals surface area (Å²) in [5, 5.41) is 0.880. The van der Waals surface area contributed by atoms with E-state index in [0.717, 1.165) is 26.9 Å². The van der Waals surface area contributed by atoms with E-state index < -0.39 is 23.5 Å². The van der Waals surface area contributed by atoms with Gasteiger partial charge < -0.3 is 4.90 Å². The van der Waals surface area contributed by atoms with Crippen molar-refractivity contribution in [2.24, 2.45) is 0 Å². The average molecular weight is 508 g/mol. The number of hydrogen-bond acceptors (Lipinski definition) is 4. The monoisotopic (exact) mass is 507 g/mol. The van der Waals surface area contributed by atoms with Gasteiger partial charge in [-0.25, -0.2) is 9.69 Å². The summed E-state index contributed by atoms with van der Waals surface area (Å²) in [5.41, 5.74) is -1.67. The van der Waals surface area contributed by atoms with E-state index in [2.05, 4.69) is 4.98 Å². The number of nitrogens with zero attached hydrogens (tertiary/aromatic N) is 3. The van der Waals surface area contributed by atoms with Crippen LogP contribution in [0.3, 0.4) is 0 Å². The van der Waals surface area contributed by atoms with Gasteiger partial charge in [0, 0.05) is 29.4 Å². The molecule has 36 heavy (non-hydrogen) atoms. The third-order valence-electron chi connectivity index (χ3n) is 6.00. The van der Waals surface area contributed by atoms with Crippen LogP contribution in [0.2, 0.25) is 0 Å². The zero-order valence-electron chi connectivity index (χ0n) is 18.9. The maximum atomic E-state index is 13.6. The number of urea groups is 1.